The number of benzene rings is 9. The second-order valence-corrected chi connectivity index (χ2v) is 16.7. The molecule has 0 fully saturated rings. The molecule has 270 valence electrons. The Labute approximate surface area is 339 Å². The third kappa shape index (κ3) is 4.33. The van der Waals surface area contributed by atoms with Crippen LogP contribution in [0.15, 0.2) is 198 Å². The van der Waals surface area contributed by atoms with Crippen LogP contribution in [-0.4, -0.2) is 11.7 Å². The van der Waals surface area contributed by atoms with Gasteiger partial charge in [0.05, 0.1) is 5.41 Å². The van der Waals surface area contributed by atoms with Crippen molar-refractivity contribution in [3.63, 3.8) is 0 Å². The summed E-state index contributed by atoms with van der Waals surface area (Å²) in [6.07, 6.45) is -0.271. The topological polar surface area (TPSA) is 36.8 Å². The van der Waals surface area contributed by atoms with Crippen molar-refractivity contribution < 1.29 is 0 Å². The first kappa shape index (κ1) is 32.0. The highest BCUT2D eigenvalue weighted by molar-refractivity contribution is 7.26. The Hall–Kier alpha value is -7.14. The van der Waals surface area contributed by atoms with Gasteiger partial charge in [-0.2, -0.15) is 0 Å². The minimum absolute atomic E-state index is 0.271. The molecule has 1 aromatic heterocycles. The molecule has 0 amide bonds. The second-order valence-electron chi connectivity index (χ2n) is 15.7. The lowest BCUT2D eigenvalue weighted by Gasteiger charge is -2.31. The zero-order valence-electron chi connectivity index (χ0n) is 31.3. The van der Waals surface area contributed by atoms with Crippen molar-refractivity contribution in [1.29, 1.82) is 0 Å². The summed E-state index contributed by atoms with van der Waals surface area (Å²) < 4.78 is 2.48. The molecule has 13 rings (SSSR count). The van der Waals surface area contributed by atoms with Gasteiger partial charge in [0, 0.05) is 31.3 Å². The Morgan fingerprint density at radius 2 is 1.09 bits per heavy atom. The van der Waals surface area contributed by atoms with E-state index in [2.05, 4.69) is 193 Å². The molecule has 9 aromatic carbocycles. The van der Waals surface area contributed by atoms with Crippen LogP contribution in [0.1, 0.15) is 45.1 Å². The van der Waals surface area contributed by atoms with E-state index in [-0.39, 0.29) is 11.6 Å². The average molecular weight is 756 g/mol. The van der Waals surface area contributed by atoms with Gasteiger partial charge in [-0.15, -0.1) is 11.3 Å². The molecular weight excluding hydrogens is 723 g/mol. The Morgan fingerprint density at radius 1 is 0.466 bits per heavy atom. The number of thiophene rings is 1. The lowest BCUT2D eigenvalue weighted by molar-refractivity contribution is 0.674. The molecule has 3 nitrogen and oxygen atoms in total. The number of amidine groups is 2. The summed E-state index contributed by atoms with van der Waals surface area (Å²) in [7, 11) is 0. The Kier molecular flexibility index (Phi) is 6.59. The molecule has 58 heavy (non-hydrogen) atoms. The number of nitrogens with one attached hydrogen (secondary N) is 1. The van der Waals surface area contributed by atoms with Crippen LogP contribution in [0.3, 0.4) is 0 Å². The van der Waals surface area contributed by atoms with E-state index in [1.807, 2.05) is 11.3 Å². The van der Waals surface area contributed by atoms with E-state index in [4.69, 9.17) is 9.98 Å². The van der Waals surface area contributed by atoms with E-state index in [1.165, 1.54) is 86.2 Å². The molecule has 4 heteroatoms. The molecule has 0 radical (unpaired) electrons. The van der Waals surface area contributed by atoms with E-state index in [9.17, 15) is 0 Å². The standard InChI is InChI=1S/C54H33N3S/c1-2-11-35(12-3-1)51-55-52(57-53(56-51)42-18-10-17-41-40-16-5-7-22-47(40)58-50(41)42)36-27-23-32(24-28-36)37-29-30-39-38-15-4-6-19-43(38)54(46(39)31-37)44-20-8-13-33-25-26-34-14-9-21-45(54)49(34)48(33)44/h1-31,51H,(H,55,56,57). The van der Waals surface area contributed by atoms with Gasteiger partial charge in [0.2, 0.25) is 0 Å². The predicted molar refractivity (Wildman–Crippen MR) is 242 cm³/mol. The molecule has 1 aliphatic heterocycles. The summed E-state index contributed by atoms with van der Waals surface area (Å²) in [5.41, 5.74) is 13.3. The van der Waals surface area contributed by atoms with Crippen LogP contribution in [0.5, 0.6) is 0 Å². The van der Waals surface area contributed by atoms with Crippen molar-refractivity contribution in [3.05, 3.63) is 227 Å². The SMILES string of the molecule is c1ccc(C2N=C(c3cccc4c3sc3ccccc34)N=C(c3ccc(-c4ccc5c(c4)C4(c6ccccc6-5)c5cccc6ccc7cccc4c7c56)cc3)N2)cc1. The van der Waals surface area contributed by atoms with Crippen LogP contribution in [0, 0.1) is 0 Å². The molecule has 2 heterocycles. The predicted octanol–water partition coefficient (Wildman–Crippen LogP) is 13.2. The molecule has 2 aliphatic carbocycles. The van der Waals surface area contributed by atoms with Crippen molar-refractivity contribution in [2.45, 2.75) is 11.6 Å². The molecule has 0 saturated carbocycles. The van der Waals surface area contributed by atoms with Crippen molar-refractivity contribution in [2.24, 2.45) is 9.98 Å². The maximum absolute atomic E-state index is 5.26. The van der Waals surface area contributed by atoms with Crippen LogP contribution in [0.25, 0.3) is 64.0 Å². The van der Waals surface area contributed by atoms with Crippen LogP contribution < -0.4 is 5.32 Å². The van der Waals surface area contributed by atoms with Crippen LogP contribution in [0.4, 0.5) is 0 Å². The number of nitrogens with zero attached hydrogens (tertiary/aromatic N) is 2. The zero-order valence-corrected chi connectivity index (χ0v) is 32.1. The molecule has 1 unspecified atom stereocenters. The van der Waals surface area contributed by atoms with E-state index >= 15 is 0 Å². The normalized spacial score (nSPS) is 15.9. The first-order valence-corrected chi connectivity index (χ1v) is 20.7. The molecular formula is C54H33N3S. The van der Waals surface area contributed by atoms with E-state index in [1.54, 1.807) is 0 Å². The largest absolute Gasteiger partial charge is 0.344 e. The first-order valence-electron chi connectivity index (χ1n) is 19.9. The molecule has 0 saturated heterocycles. The summed E-state index contributed by atoms with van der Waals surface area (Å²) in [6, 6.07) is 69.0. The van der Waals surface area contributed by atoms with Crippen LogP contribution >= 0.6 is 11.3 Å². The number of hydrogen-bond acceptors (Lipinski definition) is 4. The van der Waals surface area contributed by atoms with E-state index in [0.29, 0.717) is 0 Å². The monoisotopic (exact) mass is 755 g/mol. The highest BCUT2D eigenvalue weighted by atomic mass is 32.1. The maximum atomic E-state index is 5.26. The highest BCUT2D eigenvalue weighted by Crippen LogP contribution is 2.62. The Balaban J connectivity index is 0.934. The number of fused-ring (bicyclic) bond motifs is 10. The number of hydrogen-bond donors (Lipinski definition) is 1. The third-order valence-corrected chi connectivity index (χ3v) is 14.0. The van der Waals surface area contributed by atoms with Gasteiger partial charge < -0.3 is 5.32 Å². The molecule has 1 spiro atoms. The van der Waals surface area contributed by atoms with Gasteiger partial charge >= 0.3 is 0 Å². The van der Waals surface area contributed by atoms with Gasteiger partial charge in [-0.3, -0.25) is 0 Å². The minimum atomic E-state index is -0.384. The van der Waals surface area contributed by atoms with Crippen molar-refractivity contribution in [3.8, 4) is 22.3 Å². The lowest BCUT2D eigenvalue weighted by atomic mass is 9.70. The lowest BCUT2D eigenvalue weighted by Crippen LogP contribution is -2.33. The molecule has 10 aromatic rings. The van der Waals surface area contributed by atoms with Gasteiger partial charge in [0.1, 0.15) is 12.0 Å². The Morgan fingerprint density at radius 3 is 1.90 bits per heavy atom. The zero-order chi connectivity index (χ0) is 38.0. The highest BCUT2D eigenvalue weighted by Gasteiger charge is 2.50. The van der Waals surface area contributed by atoms with Crippen LogP contribution in [-0.2, 0) is 5.41 Å². The van der Waals surface area contributed by atoms with Crippen molar-refractivity contribution in [2.75, 3.05) is 0 Å². The van der Waals surface area contributed by atoms with E-state index in [0.717, 1.165) is 28.4 Å². The van der Waals surface area contributed by atoms with Gasteiger partial charge in [-0.25, -0.2) is 9.98 Å². The fourth-order valence-corrected chi connectivity index (χ4v) is 11.4. The third-order valence-electron chi connectivity index (χ3n) is 12.7. The van der Waals surface area contributed by atoms with Crippen LogP contribution in [0.2, 0.25) is 0 Å². The first-order chi connectivity index (χ1) is 28.7. The molecule has 3 aliphatic rings. The van der Waals surface area contributed by atoms with Gasteiger partial charge in [0.15, 0.2) is 5.84 Å². The fraction of sp³-hybridized carbons (Fsp3) is 0.0370. The van der Waals surface area contributed by atoms with Gasteiger partial charge in [0.25, 0.3) is 0 Å². The summed E-state index contributed by atoms with van der Waals surface area (Å²) in [5, 5.41) is 11.6. The van der Waals surface area contributed by atoms with Gasteiger partial charge in [-0.05, 0) is 89.8 Å². The van der Waals surface area contributed by atoms with Crippen molar-refractivity contribution >= 4 is 64.7 Å². The summed E-state index contributed by atoms with van der Waals surface area (Å²) >= 11 is 1.81. The molecule has 0 bridgehead atoms. The number of rotatable bonds is 4. The summed E-state index contributed by atoms with van der Waals surface area (Å²) in [6.45, 7) is 0. The average Bonchev–Trinajstić information content (AvgIpc) is 3.93. The summed E-state index contributed by atoms with van der Waals surface area (Å²) in [5.74, 6) is 1.56. The second kappa shape index (κ2) is 11.9. The van der Waals surface area contributed by atoms with Crippen molar-refractivity contribution in [1.82, 2.24) is 5.32 Å². The maximum Gasteiger partial charge on any atom is 0.160 e. The van der Waals surface area contributed by atoms with E-state index < -0.39 is 0 Å². The number of aliphatic imine (C=N–C) groups is 2. The quantitative estimate of drug-likeness (QED) is 0.178. The van der Waals surface area contributed by atoms with Gasteiger partial charge in [-0.1, -0.05) is 170 Å². The smallest absolute Gasteiger partial charge is 0.160 e. The Bertz CT molecular complexity index is 3370. The molecule has 1 atom stereocenters. The molecule has 1 N–H and O–H groups in total. The minimum Gasteiger partial charge on any atom is -0.344 e. The summed E-state index contributed by atoms with van der Waals surface area (Å²) in [4.78, 5) is 10.5. The fourth-order valence-electron chi connectivity index (χ4n) is 10.2.